The van der Waals surface area contributed by atoms with E-state index in [1.54, 1.807) is 11.9 Å². The van der Waals surface area contributed by atoms with Crippen LogP contribution in [0.1, 0.15) is 19.8 Å². The number of nitrogens with zero attached hydrogens (tertiary/aromatic N) is 1. The van der Waals surface area contributed by atoms with Crippen LogP contribution in [-0.2, 0) is 4.79 Å². The zero-order valence-corrected chi connectivity index (χ0v) is 7.57. The summed E-state index contributed by atoms with van der Waals surface area (Å²) in [6, 6.07) is 0. The normalized spacial score (nSPS) is 31.1. The van der Waals surface area contributed by atoms with Crippen molar-refractivity contribution in [2.75, 3.05) is 7.05 Å². The molecule has 0 spiro atoms. The highest BCUT2D eigenvalue weighted by Crippen LogP contribution is 2.28. The van der Waals surface area contributed by atoms with Gasteiger partial charge in [0.15, 0.2) is 0 Å². The lowest BCUT2D eigenvalue weighted by Crippen LogP contribution is -2.49. The minimum absolute atomic E-state index is 0.125. The van der Waals surface area contributed by atoms with Crippen molar-refractivity contribution in [2.45, 2.75) is 25.3 Å². The van der Waals surface area contributed by atoms with Crippen molar-refractivity contribution in [1.82, 2.24) is 4.90 Å². The lowest BCUT2D eigenvalue weighted by atomic mass is 10.00. The maximum Gasteiger partial charge on any atom is 0.223 e. The van der Waals surface area contributed by atoms with Crippen LogP contribution in [-0.4, -0.2) is 28.4 Å². The molecule has 0 aliphatic carbocycles. The van der Waals surface area contributed by atoms with Gasteiger partial charge < -0.3 is 10.6 Å². The quantitative estimate of drug-likeness (QED) is 0.578. The second-order valence-corrected chi connectivity index (χ2v) is 3.53. The Kier molecular flexibility index (Phi) is 1.88. The van der Waals surface area contributed by atoms with Crippen LogP contribution in [0, 0.1) is 0 Å². The predicted octanol–water partition coefficient (Wildman–Crippen LogP) is 0.283. The van der Waals surface area contributed by atoms with Crippen molar-refractivity contribution < 1.29 is 4.79 Å². The number of hydrogen-bond donors (Lipinski definition) is 1. The average molecular weight is 172 g/mol. The first-order valence-corrected chi connectivity index (χ1v) is 3.96. The van der Waals surface area contributed by atoms with E-state index >= 15 is 0 Å². The van der Waals surface area contributed by atoms with E-state index in [-0.39, 0.29) is 11.4 Å². The summed E-state index contributed by atoms with van der Waals surface area (Å²) in [6.45, 7) is 1.90. The van der Waals surface area contributed by atoms with Crippen LogP contribution in [0.15, 0.2) is 0 Å². The van der Waals surface area contributed by atoms with Crippen molar-refractivity contribution in [3.05, 3.63) is 0 Å². The number of hydrogen-bond acceptors (Lipinski definition) is 2. The zero-order chi connectivity index (χ0) is 8.65. The Morgan fingerprint density at radius 2 is 2.36 bits per heavy atom. The second-order valence-electron chi connectivity index (χ2n) is 3.09. The summed E-state index contributed by atoms with van der Waals surface area (Å²) < 4.78 is 0. The van der Waals surface area contributed by atoms with Gasteiger partial charge in [-0.1, -0.05) is 12.2 Å². The van der Waals surface area contributed by atoms with Gasteiger partial charge in [-0.2, -0.15) is 0 Å². The first-order chi connectivity index (χ1) is 4.98. The van der Waals surface area contributed by atoms with Gasteiger partial charge in [0.25, 0.3) is 0 Å². The molecule has 62 valence electrons. The Morgan fingerprint density at radius 3 is 2.55 bits per heavy atom. The molecule has 1 heterocycles. The summed E-state index contributed by atoms with van der Waals surface area (Å²) in [5.74, 6) is 0.125. The number of carbonyl (C=O) groups is 1. The lowest BCUT2D eigenvalue weighted by molar-refractivity contribution is -0.128. The molecule has 0 aromatic carbocycles. The maximum atomic E-state index is 11.1. The third-order valence-corrected chi connectivity index (χ3v) is 2.91. The summed E-state index contributed by atoms with van der Waals surface area (Å²) in [7, 11) is 1.74. The first kappa shape index (κ1) is 8.46. The van der Waals surface area contributed by atoms with Crippen LogP contribution in [0.2, 0.25) is 0 Å². The third kappa shape index (κ3) is 1.11. The van der Waals surface area contributed by atoms with Gasteiger partial charge in [0.2, 0.25) is 5.91 Å². The smallest absolute Gasteiger partial charge is 0.223 e. The predicted molar refractivity (Wildman–Crippen MR) is 47.2 cm³/mol. The molecule has 0 radical (unpaired) electrons. The van der Waals surface area contributed by atoms with E-state index in [0.29, 0.717) is 11.4 Å². The number of thiocarbonyl (C=S) groups is 1. The molecule has 1 aliphatic rings. The Morgan fingerprint density at radius 1 is 1.82 bits per heavy atom. The molecule has 1 rings (SSSR count). The highest BCUT2D eigenvalue weighted by atomic mass is 32.1. The second kappa shape index (κ2) is 2.44. The summed E-state index contributed by atoms with van der Waals surface area (Å²) in [5, 5.41) is 0. The summed E-state index contributed by atoms with van der Waals surface area (Å²) in [6.07, 6.45) is 1.31. The van der Waals surface area contributed by atoms with Crippen molar-refractivity contribution >= 4 is 23.1 Å². The van der Waals surface area contributed by atoms with Gasteiger partial charge in [-0.15, -0.1) is 0 Å². The van der Waals surface area contributed by atoms with E-state index in [2.05, 4.69) is 0 Å². The minimum Gasteiger partial charge on any atom is -0.391 e. The molecule has 0 saturated carbocycles. The molecule has 0 aromatic rings. The fourth-order valence-electron chi connectivity index (χ4n) is 1.25. The number of nitrogens with two attached hydrogens (primary N) is 1. The molecule has 2 N–H and O–H groups in total. The lowest BCUT2D eigenvalue weighted by Gasteiger charge is -2.30. The summed E-state index contributed by atoms with van der Waals surface area (Å²) >= 11 is 4.88. The van der Waals surface area contributed by atoms with Crippen LogP contribution in [0.4, 0.5) is 0 Å². The Balaban J connectivity index is 2.89. The van der Waals surface area contributed by atoms with Crippen molar-refractivity contribution in [3.8, 4) is 0 Å². The Bertz CT molecular complexity index is 216. The standard InChI is InChI=1S/C7H12N2OS/c1-7(6(8)11)4-3-5(10)9(7)2/h3-4H2,1-2H3,(H2,8,11). The third-order valence-electron chi connectivity index (χ3n) is 2.47. The van der Waals surface area contributed by atoms with Gasteiger partial charge in [-0.05, 0) is 13.3 Å². The Hall–Kier alpha value is -0.640. The fraction of sp³-hybridized carbons (Fsp3) is 0.714. The van der Waals surface area contributed by atoms with E-state index in [9.17, 15) is 4.79 Å². The topological polar surface area (TPSA) is 46.3 Å². The molecular formula is C7H12N2OS. The van der Waals surface area contributed by atoms with Crippen LogP contribution in [0.25, 0.3) is 0 Å². The van der Waals surface area contributed by atoms with E-state index in [1.807, 2.05) is 6.92 Å². The van der Waals surface area contributed by atoms with Gasteiger partial charge in [-0.25, -0.2) is 0 Å². The molecule has 1 saturated heterocycles. The molecule has 0 bridgehead atoms. The van der Waals surface area contributed by atoms with E-state index in [1.165, 1.54) is 0 Å². The van der Waals surface area contributed by atoms with Crippen LogP contribution < -0.4 is 5.73 Å². The molecule has 0 aromatic heterocycles. The van der Waals surface area contributed by atoms with Gasteiger partial charge in [0.1, 0.15) is 0 Å². The van der Waals surface area contributed by atoms with E-state index < -0.39 is 0 Å². The number of likely N-dealkylation sites (tertiary alicyclic amines) is 1. The highest BCUT2D eigenvalue weighted by Gasteiger charge is 2.41. The molecule has 1 atom stereocenters. The summed E-state index contributed by atoms with van der Waals surface area (Å²) in [5.41, 5.74) is 5.14. The SMILES string of the molecule is CN1C(=O)CCC1(C)C(N)=S. The van der Waals surface area contributed by atoms with Gasteiger partial charge >= 0.3 is 0 Å². The number of likely N-dealkylation sites (N-methyl/N-ethyl adjacent to an activating group) is 1. The van der Waals surface area contributed by atoms with Gasteiger partial charge in [-0.3, -0.25) is 4.79 Å². The molecule has 3 nitrogen and oxygen atoms in total. The monoisotopic (exact) mass is 172 g/mol. The van der Waals surface area contributed by atoms with Crippen molar-refractivity contribution in [3.63, 3.8) is 0 Å². The number of carbonyl (C=O) groups excluding carboxylic acids is 1. The van der Waals surface area contributed by atoms with Crippen LogP contribution >= 0.6 is 12.2 Å². The molecule has 1 aliphatic heterocycles. The van der Waals surface area contributed by atoms with Crippen LogP contribution in [0.5, 0.6) is 0 Å². The molecule has 4 heteroatoms. The fourth-order valence-corrected chi connectivity index (χ4v) is 1.49. The largest absolute Gasteiger partial charge is 0.391 e. The van der Waals surface area contributed by atoms with E-state index in [4.69, 9.17) is 18.0 Å². The molecule has 1 fully saturated rings. The first-order valence-electron chi connectivity index (χ1n) is 3.55. The average Bonchev–Trinajstić information content (AvgIpc) is 2.18. The molecular weight excluding hydrogens is 160 g/mol. The zero-order valence-electron chi connectivity index (χ0n) is 6.76. The van der Waals surface area contributed by atoms with Crippen molar-refractivity contribution in [2.24, 2.45) is 5.73 Å². The molecule has 1 amide bonds. The maximum absolute atomic E-state index is 11.1. The highest BCUT2D eigenvalue weighted by molar-refractivity contribution is 7.80. The molecule has 1 unspecified atom stereocenters. The summed E-state index contributed by atoms with van der Waals surface area (Å²) in [4.78, 5) is 13.1. The van der Waals surface area contributed by atoms with Crippen molar-refractivity contribution in [1.29, 1.82) is 0 Å². The van der Waals surface area contributed by atoms with Gasteiger partial charge in [0, 0.05) is 13.5 Å². The Labute approximate surface area is 71.5 Å². The minimum atomic E-state index is -0.383. The van der Waals surface area contributed by atoms with Crippen LogP contribution in [0.3, 0.4) is 0 Å². The van der Waals surface area contributed by atoms with Gasteiger partial charge in [0.05, 0.1) is 10.5 Å². The van der Waals surface area contributed by atoms with E-state index in [0.717, 1.165) is 6.42 Å². The number of amides is 1. The molecule has 11 heavy (non-hydrogen) atoms. The number of rotatable bonds is 1.